The molecule has 1 aliphatic rings. The molecule has 4 heteroatoms. The summed E-state index contributed by atoms with van der Waals surface area (Å²) in [4.78, 5) is 9.46. The van der Waals surface area contributed by atoms with Gasteiger partial charge in [0.25, 0.3) is 0 Å². The first-order valence-electron chi connectivity index (χ1n) is 6.62. The smallest absolute Gasteiger partial charge is 0.162 e. The number of halogens is 1. The normalized spacial score (nSPS) is 14.0. The molecule has 1 aromatic heterocycles. The highest BCUT2D eigenvalue weighted by Crippen LogP contribution is 2.31. The standard InChI is InChI=1S/C15H16BrN3/c1-17-14-11-7-3-5-9-13(11)18-15(19-14)10-6-2-4-8-12(10)16/h2,4,6,8H,3,5,7,9H2,1H3,(H,17,18,19). The molecule has 0 bridgehead atoms. The molecule has 1 aromatic carbocycles. The fourth-order valence-corrected chi connectivity index (χ4v) is 3.03. The van der Waals surface area contributed by atoms with Crippen molar-refractivity contribution in [2.75, 3.05) is 12.4 Å². The van der Waals surface area contributed by atoms with E-state index < -0.39 is 0 Å². The van der Waals surface area contributed by atoms with Crippen LogP contribution >= 0.6 is 15.9 Å². The minimum absolute atomic E-state index is 0.803. The van der Waals surface area contributed by atoms with E-state index in [4.69, 9.17) is 4.98 Å². The number of hydrogen-bond donors (Lipinski definition) is 1. The Bertz CT molecular complexity index is 593. The zero-order chi connectivity index (χ0) is 13.2. The molecule has 3 rings (SSSR count). The van der Waals surface area contributed by atoms with Gasteiger partial charge < -0.3 is 5.32 Å². The Kier molecular flexibility index (Phi) is 3.51. The minimum atomic E-state index is 0.803. The summed E-state index contributed by atoms with van der Waals surface area (Å²) in [6.07, 6.45) is 4.60. The van der Waals surface area contributed by atoms with E-state index >= 15 is 0 Å². The summed E-state index contributed by atoms with van der Waals surface area (Å²) in [6.45, 7) is 0. The molecule has 1 aliphatic carbocycles. The lowest BCUT2D eigenvalue weighted by atomic mass is 9.96. The summed E-state index contributed by atoms with van der Waals surface area (Å²) in [5.74, 6) is 1.79. The average molecular weight is 318 g/mol. The maximum Gasteiger partial charge on any atom is 0.162 e. The van der Waals surface area contributed by atoms with Gasteiger partial charge in [-0.3, -0.25) is 0 Å². The molecule has 0 saturated heterocycles. The molecule has 0 spiro atoms. The topological polar surface area (TPSA) is 37.8 Å². The SMILES string of the molecule is CNc1nc(-c2ccccc2Br)nc2c1CCCC2. The summed E-state index contributed by atoms with van der Waals surface area (Å²) in [6, 6.07) is 8.10. The molecular weight excluding hydrogens is 302 g/mol. The van der Waals surface area contributed by atoms with Crippen molar-refractivity contribution in [3.05, 3.63) is 40.0 Å². The maximum absolute atomic E-state index is 4.77. The number of hydrogen-bond acceptors (Lipinski definition) is 3. The van der Waals surface area contributed by atoms with Crippen molar-refractivity contribution < 1.29 is 0 Å². The second kappa shape index (κ2) is 5.29. The number of anilines is 1. The number of rotatable bonds is 2. The van der Waals surface area contributed by atoms with E-state index in [9.17, 15) is 0 Å². The average Bonchev–Trinajstić information content (AvgIpc) is 2.46. The van der Waals surface area contributed by atoms with Gasteiger partial charge in [0.1, 0.15) is 5.82 Å². The molecule has 0 radical (unpaired) electrons. The molecule has 0 aliphatic heterocycles. The van der Waals surface area contributed by atoms with Crippen LogP contribution in [0, 0.1) is 0 Å². The van der Waals surface area contributed by atoms with Crippen molar-refractivity contribution in [3.8, 4) is 11.4 Å². The summed E-state index contributed by atoms with van der Waals surface area (Å²) in [5, 5.41) is 3.22. The first-order valence-corrected chi connectivity index (χ1v) is 7.41. The Balaban J connectivity index is 2.15. The number of nitrogens with one attached hydrogen (secondary N) is 1. The van der Waals surface area contributed by atoms with Crippen LogP contribution in [0.1, 0.15) is 24.1 Å². The van der Waals surface area contributed by atoms with Gasteiger partial charge in [0.15, 0.2) is 5.82 Å². The van der Waals surface area contributed by atoms with Crippen LogP contribution in [0.2, 0.25) is 0 Å². The van der Waals surface area contributed by atoms with Gasteiger partial charge in [-0.1, -0.05) is 34.1 Å². The van der Waals surface area contributed by atoms with Gasteiger partial charge in [-0.25, -0.2) is 9.97 Å². The molecule has 0 amide bonds. The predicted molar refractivity (Wildman–Crippen MR) is 81.4 cm³/mol. The molecule has 1 heterocycles. The van der Waals surface area contributed by atoms with Crippen LogP contribution in [0.3, 0.4) is 0 Å². The zero-order valence-electron chi connectivity index (χ0n) is 10.9. The van der Waals surface area contributed by atoms with Crippen LogP contribution < -0.4 is 5.32 Å². The van der Waals surface area contributed by atoms with Gasteiger partial charge in [0, 0.05) is 28.3 Å². The Labute approximate surface area is 121 Å². The minimum Gasteiger partial charge on any atom is -0.373 e. The third kappa shape index (κ3) is 2.37. The molecule has 1 N–H and O–H groups in total. The number of fused-ring (bicyclic) bond motifs is 1. The molecule has 2 aromatic rings. The third-order valence-electron chi connectivity index (χ3n) is 3.53. The van der Waals surface area contributed by atoms with Crippen LogP contribution in [-0.4, -0.2) is 17.0 Å². The van der Waals surface area contributed by atoms with Crippen molar-refractivity contribution in [1.82, 2.24) is 9.97 Å². The second-order valence-electron chi connectivity index (χ2n) is 4.76. The molecular formula is C15H16BrN3. The highest BCUT2D eigenvalue weighted by atomic mass is 79.9. The van der Waals surface area contributed by atoms with Gasteiger partial charge in [0.2, 0.25) is 0 Å². The van der Waals surface area contributed by atoms with Crippen molar-refractivity contribution in [2.45, 2.75) is 25.7 Å². The van der Waals surface area contributed by atoms with Crippen molar-refractivity contribution in [1.29, 1.82) is 0 Å². The summed E-state index contributed by atoms with van der Waals surface area (Å²) >= 11 is 3.58. The lowest BCUT2D eigenvalue weighted by Gasteiger charge is -2.19. The number of aromatic nitrogens is 2. The monoisotopic (exact) mass is 317 g/mol. The Morgan fingerprint density at radius 2 is 1.89 bits per heavy atom. The van der Waals surface area contributed by atoms with Gasteiger partial charge in [-0.15, -0.1) is 0 Å². The Morgan fingerprint density at radius 1 is 1.11 bits per heavy atom. The Hall–Kier alpha value is -1.42. The van der Waals surface area contributed by atoms with E-state index in [1.807, 2.05) is 31.3 Å². The molecule has 3 nitrogen and oxygen atoms in total. The summed E-state index contributed by atoms with van der Waals surface area (Å²) in [5.41, 5.74) is 3.55. The van der Waals surface area contributed by atoms with E-state index in [0.717, 1.165) is 34.5 Å². The fraction of sp³-hybridized carbons (Fsp3) is 0.333. The van der Waals surface area contributed by atoms with Crippen LogP contribution in [0.5, 0.6) is 0 Å². The summed E-state index contributed by atoms with van der Waals surface area (Å²) in [7, 11) is 1.93. The van der Waals surface area contributed by atoms with Crippen LogP contribution in [0.15, 0.2) is 28.7 Å². The lowest BCUT2D eigenvalue weighted by Crippen LogP contribution is -2.12. The molecule has 0 atom stereocenters. The molecule has 0 saturated carbocycles. The van der Waals surface area contributed by atoms with E-state index in [1.54, 1.807) is 0 Å². The van der Waals surface area contributed by atoms with Crippen molar-refractivity contribution in [2.24, 2.45) is 0 Å². The first-order chi connectivity index (χ1) is 9.29. The largest absolute Gasteiger partial charge is 0.373 e. The quantitative estimate of drug-likeness (QED) is 0.914. The highest BCUT2D eigenvalue weighted by Gasteiger charge is 2.18. The van der Waals surface area contributed by atoms with Crippen LogP contribution in [0.25, 0.3) is 11.4 Å². The van der Waals surface area contributed by atoms with Gasteiger partial charge >= 0.3 is 0 Å². The molecule has 98 valence electrons. The predicted octanol–water partition coefficient (Wildman–Crippen LogP) is 3.83. The van der Waals surface area contributed by atoms with Crippen molar-refractivity contribution in [3.63, 3.8) is 0 Å². The number of aryl methyl sites for hydroxylation is 1. The number of benzene rings is 1. The molecule has 19 heavy (non-hydrogen) atoms. The third-order valence-corrected chi connectivity index (χ3v) is 4.23. The lowest BCUT2D eigenvalue weighted by molar-refractivity contribution is 0.665. The maximum atomic E-state index is 4.77. The van der Waals surface area contributed by atoms with Crippen LogP contribution in [-0.2, 0) is 12.8 Å². The van der Waals surface area contributed by atoms with Gasteiger partial charge in [-0.05, 0) is 31.7 Å². The van der Waals surface area contributed by atoms with E-state index in [1.165, 1.54) is 24.1 Å². The number of nitrogens with zero attached hydrogens (tertiary/aromatic N) is 2. The van der Waals surface area contributed by atoms with Gasteiger partial charge in [0.05, 0.1) is 0 Å². The van der Waals surface area contributed by atoms with E-state index in [-0.39, 0.29) is 0 Å². The van der Waals surface area contributed by atoms with Gasteiger partial charge in [-0.2, -0.15) is 0 Å². The van der Waals surface area contributed by atoms with Crippen molar-refractivity contribution >= 4 is 21.7 Å². The molecule has 0 unspecified atom stereocenters. The first kappa shape index (κ1) is 12.6. The van der Waals surface area contributed by atoms with E-state index in [0.29, 0.717) is 0 Å². The summed E-state index contributed by atoms with van der Waals surface area (Å²) < 4.78 is 1.04. The Morgan fingerprint density at radius 3 is 2.68 bits per heavy atom. The van der Waals surface area contributed by atoms with Crippen LogP contribution in [0.4, 0.5) is 5.82 Å². The fourth-order valence-electron chi connectivity index (χ4n) is 2.56. The zero-order valence-corrected chi connectivity index (χ0v) is 12.5. The van der Waals surface area contributed by atoms with E-state index in [2.05, 4.69) is 26.2 Å². The molecule has 0 fully saturated rings. The highest BCUT2D eigenvalue weighted by molar-refractivity contribution is 9.10. The second-order valence-corrected chi connectivity index (χ2v) is 5.61.